The molecule has 2 aromatic carbocycles. The number of carbonyl (C=O) groups excluding carboxylic acids is 2. The van der Waals surface area contributed by atoms with Gasteiger partial charge in [0.2, 0.25) is 0 Å². The Kier molecular flexibility index (Phi) is 6.52. The van der Waals surface area contributed by atoms with E-state index < -0.39 is 5.91 Å². The summed E-state index contributed by atoms with van der Waals surface area (Å²) in [4.78, 5) is 37.7. The number of anilines is 1. The van der Waals surface area contributed by atoms with Crippen LogP contribution in [-0.2, 0) is 0 Å². The topological polar surface area (TPSA) is 93.1 Å². The summed E-state index contributed by atoms with van der Waals surface area (Å²) in [6, 6.07) is 11.3. The Morgan fingerprint density at radius 2 is 1.80 bits per heavy atom. The van der Waals surface area contributed by atoms with Gasteiger partial charge < -0.3 is 10.6 Å². The zero-order valence-corrected chi connectivity index (χ0v) is 17.8. The van der Waals surface area contributed by atoms with Gasteiger partial charge in [0.25, 0.3) is 17.4 Å². The average Bonchev–Trinajstić information content (AvgIpc) is 2.72. The van der Waals surface area contributed by atoms with Crippen LogP contribution in [0.4, 0.5) is 5.69 Å². The van der Waals surface area contributed by atoms with Gasteiger partial charge in [-0.2, -0.15) is 5.10 Å². The number of aromatic nitrogens is 2. The Labute approximate surface area is 179 Å². The van der Waals surface area contributed by atoms with Crippen molar-refractivity contribution in [3.05, 3.63) is 69.1 Å². The molecular formula is C22H23ClN4O3. The van der Waals surface area contributed by atoms with E-state index in [0.29, 0.717) is 28.6 Å². The van der Waals surface area contributed by atoms with Crippen LogP contribution in [0.25, 0.3) is 10.8 Å². The lowest BCUT2D eigenvalue weighted by atomic mass is 10.1. The maximum atomic E-state index is 13.0. The monoisotopic (exact) mass is 426 g/mol. The number of hydrogen-bond acceptors (Lipinski definition) is 4. The second-order valence-electron chi connectivity index (χ2n) is 7.14. The Bertz CT molecular complexity index is 1170. The van der Waals surface area contributed by atoms with Gasteiger partial charge in [-0.05, 0) is 44.5 Å². The highest BCUT2D eigenvalue weighted by Crippen LogP contribution is 2.22. The number of hydrogen-bond donors (Lipinski definition) is 2. The van der Waals surface area contributed by atoms with Crippen LogP contribution in [0.3, 0.4) is 0 Å². The normalized spacial score (nSPS) is 11.0. The van der Waals surface area contributed by atoms with E-state index in [1.165, 1.54) is 10.7 Å². The standard InChI is InChI=1S/C22H23ClN4O3/c1-4-11-24-20(28)17-10-9-14(12-18(17)23)25-21(29)19-15-7-5-6-8-16(15)22(30)27(26-19)13(2)3/h5-10,12-13H,4,11H2,1-3H3,(H,24,28)(H,25,29). The molecule has 0 fully saturated rings. The number of carbonyl (C=O) groups is 2. The minimum Gasteiger partial charge on any atom is -0.352 e. The molecule has 3 aromatic rings. The average molecular weight is 427 g/mol. The number of fused-ring (bicyclic) bond motifs is 1. The van der Waals surface area contributed by atoms with Crippen molar-refractivity contribution in [2.75, 3.05) is 11.9 Å². The number of halogens is 1. The lowest BCUT2D eigenvalue weighted by Crippen LogP contribution is -2.29. The molecule has 2 N–H and O–H groups in total. The van der Waals surface area contributed by atoms with Gasteiger partial charge in [0, 0.05) is 17.6 Å². The zero-order valence-electron chi connectivity index (χ0n) is 17.0. The van der Waals surface area contributed by atoms with E-state index in [2.05, 4.69) is 15.7 Å². The van der Waals surface area contributed by atoms with E-state index in [4.69, 9.17) is 11.6 Å². The van der Waals surface area contributed by atoms with Crippen LogP contribution < -0.4 is 16.2 Å². The largest absolute Gasteiger partial charge is 0.352 e. The molecule has 0 saturated heterocycles. The first-order valence-electron chi connectivity index (χ1n) is 9.74. The first-order chi connectivity index (χ1) is 14.3. The molecule has 0 radical (unpaired) electrons. The van der Waals surface area contributed by atoms with E-state index in [1.807, 2.05) is 20.8 Å². The van der Waals surface area contributed by atoms with Crippen molar-refractivity contribution in [2.24, 2.45) is 0 Å². The third kappa shape index (κ3) is 4.36. The van der Waals surface area contributed by atoms with Crippen LogP contribution >= 0.6 is 11.6 Å². The molecule has 0 unspecified atom stereocenters. The fourth-order valence-corrected chi connectivity index (χ4v) is 3.29. The molecule has 0 aliphatic carbocycles. The zero-order chi connectivity index (χ0) is 21.8. The third-order valence-corrected chi connectivity index (χ3v) is 4.85. The van der Waals surface area contributed by atoms with Gasteiger partial charge in [0.15, 0.2) is 5.69 Å². The second-order valence-corrected chi connectivity index (χ2v) is 7.55. The maximum absolute atomic E-state index is 13.0. The summed E-state index contributed by atoms with van der Waals surface area (Å²) < 4.78 is 1.30. The quantitative estimate of drug-likeness (QED) is 0.622. The van der Waals surface area contributed by atoms with Gasteiger partial charge >= 0.3 is 0 Å². The van der Waals surface area contributed by atoms with Gasteiger partial charge in [0.1, 0.15) is 0 Å². The summed E-state index contributed by atoms with van der Waals surface area (Å²) in [5.74, 6) is -0.740. The number of rotatable bonds is 6. The molecule has 0 aliphatic heterocycles. The highest BCUT2D eigenvalue weighted by molar-refractivity contribution is 6.34. The van der Waals surface area contributed by atoms with Crippen molar-refractivity contribution in [1.82, 2.24) is 15.1 Å². The molecule has 8 heteroatoms. The summed E-state index contributed by atoms with van der Waals surface area (Å²) in [5, 5.41) is 10.9. The summed E-state index contributed by atoms with van der Waals surface area (Å²) in [5.41, 5.74) is 0.646. The smallest absolute Gasteiger partial charge is 0.276 e. The van der Waals surface area contributed by atoms with Crippen LogP contribution in [0, 0.1) is 0 Å². The van der Waals surface area contributed by atoms with E-state index in [-0.39, 0.29) is 28.2 Å². The molecule has 0 saturated carbocycles. The molecule has 2 amide bonds. The Morgan fingerprint density at radius 1 is 1.10 bits per heavy atom. The second kappa shape index (κ2) is 9.09. The Hall–Kier alpha value is -3.19. The Balaban J connectivity index is 1.94. The molecular weight excluding hydrogens is 404 g/mol. The van der Waals surface area contributed by atoms with Crippen LogP contribution in [0.1, 0.15) is 54.1 Å². The molecule has 0 atom stereocenters. The van der Waals surface area contributed by atoms with E-state index >= 15 is 0 Å². The van der Waals surface area contributed by atoms with Crippen LogP contribution in [-0.4, -0.2) is 28.1 Å². The summed E-state index contributed by atoms with van der Waals surface area (Å²) >= 11 is 6.24. The summed E-state index contributed by atoms with van der Waals surface area (Å²) in [7, 11) is 0. The van der Waals surface area contributed by atoms with Crippen LogP contribution in [0.15, 0.2) is 47.3 Å². The van der Waals surface area contributed by atoms with Crippen molar-refractivity contribution < 1.29 is 9.59 Å². The molecule has 0 spiro atoms. The van der Waals surface area contributed by atoms with Gasteiger partial charge in [-0.3, -0.25) is 14.4 Å². The van der Waals surface area contributed by atoms with Gasteiger partial charge in [-0.25, -0.2) is 4.68 Å². The van der Waals surface area contributed by atoms with E-state index in [0.717, 1.165) is 6.42 Å². The highest BCUT2D eigenvalue weighted by atomic mass is 35.5. The maximum Gasteiger partial charge on any atom is 0.276 e. The molecule has 0 aliphatic rings. The van der Waals surface area contributed by atoms with Crippen LogP contribution in [0.2, 0.25) is 5.02 Å². The van der Waals surface area contributed by atoms with Crippen molar-refractivity contribution in [3.8, 4) is 0 Å². The van der Waals surface area contributed by atoms with Crippen molar-refractivity contribution >= 4 is 39.9 Å². The lowest BCUT2D eigenvalue weighted by Gasteiger charge is -2.14. The van der Waals surface area contributed by atoms with E-state index in [1.54, 1.807) is 36.4 Å². The van der Waals surface area contributed by atoms with Crippen molar-refractivity contribution in [2.45, 2.75) is 33.2 Å². The van der Waals surface area contributed by atoms with E-state index in [9.17, 15) is 14.4 Å². The number of nitrogens with one attached hydrogen (secondary N) is 2. The fourth-order valence-electron chi connectivity index (χ4n) is 3.03. The molecule has 1 aromatic heterocycles. The third-order valence-electron chi connectivity index (χ3n) is 4.54. The first-order valence-corrected chi connectivity index (χ1v) is 10.1. The molecule has 7 nitrogen and oxygen atoms in total. The minimum absolute atomic E-state index is 0.139. The predicted molar refractivity (Wildman–Crippen MR) is 118 cm³/mol. The van der Waals surface area contributed by atoms with Crippen LogP contribution in [0.5, 0.6) is 0 Å². The summed E-state index contributed by atoms with van der Waals surface area (Å²) in [6.45, 7) is 6.17. The molecule has 1 heterocycles. The Morgan fingerprint density at radius 3 is 2.43 bits per heavy atom. The number of nitrogens with zero attached hydrogens (tertiary/aromatic N) is 2. The molecule has 156 valence electrons. The predicted octanol–water partition coefficient (Wildman–Crippen LogP) is 4.02. The number of benzene rings is 2. The van der Waals surface area contributed by atoms with Gasteiger partial charge in [-0.1, -0.05) is 36.7 Å². The van der Waals surface area contributed by atoms with Crippen molar-refractivity contribution in [1.29, 1.82) is 0 Å². The van der Waals surface area contributed by atoms with Gasteiger partial charge in [0.05, 0.1) is 22.0 Å². The SMILES string of the molecule is CCCNC(=O)c1ccc(NC(=O)c2nn(C(C)C)c(=O)c3ccccc23)cc1Cl. The molecule has 30 heavy (non-hydrogen) atoms. The molecule has 3 rings (SSSR count). The van der Waals surface area contributed by atoms with Gasteiger partial charge in [-0.15, -0.1) is 0 Å². The summed E-state index contributed by atoms with van der Waals surface area (Å²) in [6.07, 6.45) is 0.816. The number of amides is 2. The molecule has 0 bridgehead atoms. The van der Waals surface area contributed by atoms with Crippen molar-refractivity contribution in [3.63, 3.8) is 0 Å². The minimum atomic E-state index is -0.472. The highest BCUT2D eigenvalue weighted by Gasteiger charge is 2.19. The fraction of sp³-hybridized carbons (Fsp3) is 0.273. The first kappa shape index (κ1) is 21.5. The lowest BCUT2D eigenvalue weighted by molar-refractivity contribution is 0.0953.